The lowest BCUT2D eigenvalue weighted by atomic mass is 10.1. The first-order chi connectivity index (χ1) is 12.8. The first-order valence-corrected chi connectivity index (χ1v) is 9.13. The number of hydrogen-bond acceptors (Lipinski definition) is 5. The molecule has 1 saturated heterocycles. The number of hydrogen-bond donors (Lipinski definition) is 1. The van der Waals surface area contributed by atoms with Crippen molar-refractivity contribution in [2.24, 2.45) is 0 Å². The fraction of sp³-hybridized carbons (Fsp3) is 0.278. The van der Waals surface area contributed by atoms with Crippen molar-refractivity contribution in [2.75, 3.05) is 43.4 Å². The van der Waals surface area contributed by atoms with E-state index in [0.29, 0.717) is 23.2 Å². The molecule has 1 N–H and O–H groups in total. The van der Waals surface area contributed by atoms with Gasteiger partial charge in [0.2, 0.25) is 0 Å². The van der Waals surface area contributed by atoms with Crippen molar-refractivity contribution in [3.05, 3.63) is 62.4 Å². The standard InChI is InChI=1S/C18H18BrFN4O3/c1-22-6-8-23(9-7-22)16-5-2-12(10-17(16)24(26)27)18(25)21-15-4-3-13(19)11-14(15)20/h2-5,10-11H,6-9H2,1H3,(H,21,25). The summed E-state index contributed by atoms with van der Waals surface area (Å²) >= 11 is 3.15. The molecule has 0 atom stereocenters. The SMILES string of the molecule is CN1CCN(c2ccc(C(=O)Nc3ccc(Br)cc3F)cc2[N+](=O)[O-])CC1. The zero-order chi connectivity index (χ0) is 19.6. The van der Waals surface area contributed by atoms with Gasteiger partial charge in [-0.1, -0.05) is 15.9 Å². The van der Waals surface area contributed by atoms with Gasteiger partial charge in [0.1, 0.15) is 11.5 Å². The van der Waals surface area contributed by atoms with Crippen molar-refractivity contribution in [2.45, 2.75) is 0 Å². The number of nitrogens with one attached hydrogen (secondary N) is 1. The van der Waals surface area contributed by atoms with E-state index in [-0.39, 0.29) is 16.9 Å². The van der Waals surface area contributed by atoms with E-state index in [1.165, 1.54) is 24.3 Å². The van der Waals surface area contributed by atoms with E-state index in [0.717, 1.165) is 13.1 Å². The van der Waals surface area contributed by atoms with Crippen molar-refractivity contribution in [3.8, 4) is 0 Å². The number of likely N-dealkylation sites (N-methyl/N-ethyl adjacent to an activating group) is 1. The first-order valence-electron chi connectivity index (χ1n) is 8.33. The molecule has 1 amide bonds. The average molecular weight is 437 g/mol. The van der Waals surface area contributed by atoms with Gasteiger partial charge in [-0.15, -0.1) is 0 Å². The molecule has 0 aromatic heterocycles. The molecule has 27 heavy (non-hydrogen) atoms. The second-order valence-electron chi connectivity index (χ2n) is 6.33. The van der Waals surface area contributed by atoms with E-state index >= 15 is 0 Å². The maximum absolute atomic E-state index is 13.9. The third kappa shape index (κ3) is 4.42. The third-order valence-corrected chi connectivity index (χ3v) is 4.95. The molecule has 0 radical (unpaired) electrons. The number of carbonyl (C=O) groups is 1. The van der Waals surface area contributed by atoms with E-state index in [1.807, 2.05) is 11.9 Å². The Kier molecular flexibility index (Phi) is 5.71. The van der Waals surface area contributed by atoms with Gasteiger partial charge >= 0.3 is 0 Å². The van der Waals surface area contributed by atoms with Gasteiger partial charge in [0.15, 0.2) is 0 Å². The molecule has 1 aliphatic heterocycles. The van der Waals surface area contributed by atoms with E-state index in [1.54, 1.807) is 12.1 Å². The molecule has 1 heterocycles. The number of benzene rings is 2. The Bertz CT molecular complexity index is 885. The van der Waals surface area contributed by atoms with Crippen LogP contribution in [0, 0.1) is 15.9 Å². The Balaban J connectivity index is 1.85. The number of nitro benzene ring substituents is 1. The maximum Gasteiger partial charge on any atom is 0.293 e. The van der Waals surface area contributed by atoms with Crippen molar-refractivity contribution < 1.29 is 14.1 Å². The van der Waals surface area contributed by atoms with E-state index in [9.17, 15) is 19.3 Å². The molecule has 0 saturated carbocycles. The molecule has 9 heteroatoms. The van der Waals surface area contributed by atoms with Crippen LogP contribution in [0.15, 0.2) is 40.9 Å². The normalized spacial score (nSPS) is 14.9. The summed E-state index contributed by atoms with van der Waals surface area (Å²) in [7, 11) is 2.00. The summed E-state index contributed by atoms with van der Waals surface area (Å²) in [6.07, 6.45) is 0. The van der Waals surface area contributed by atoms with Crippen LogP contribution in [0.1, 0.15) is 10.4 Å². The van der Waals surface area contributed by atoms with Gasteiger partial charge in [0, 0.05) is 42.3 Å². The lowest BCUT2D eigenvalue weighted by Gasteiger charge is -2.33. The Morgan fingerprint density at radius 2 is 1.89 bits per heavy atom. The highest BCUT2D eigenvalue weighted by molar-refractivity contribution is 9.10. The van der Waals surface area contributed by atoms with Gasteiger partial charge in [-0.3, -0.25) is 14.9 Å². The summed E-state index contributed by atoms with van der Waals surface area (Å²) in [5, 5.41) is 14.0. The summed E-state index contributed by atoms with van der Waals surface area (Å²) in [5.74, 6) is -1.20. The lowest BCUT2D eigenvalue weighted by molar-refractivity contribution is -0.384. The van der Waals surface area contributed by atoms with Gasteiger partial charge in [-0.05, 0) is 37.4 Å². The van der Waals surface area contributed by atoms with Gasteiger partial charge in [-0.25, -0.2) is 4.39 Å². The smallest absolute Gasteiger partial charge is 0.293 e. The van der Waals surface area contributed by atoms with Crippen LogP contribution < -0.4 is 10.2 Å². The van der Waals surface area contributed by atoms with Crippen molar-refractivity contribution in [1.82, 2.24) is 4.90 Å². The Labute approximate surface area is 164 Å². The van der Waals surface area contributed by atoms with Crippen LogP contribution in [0.4, 0.5) is 21.5 Å². The molecule has 2 aromatic carbocycles. The van der Waals surface area contributed by atoms with Crippen LogP contribution in [0.5, 0.6) is 0 Å². The fourth-order valence-electron chi connectivity index (χ4n) is 2.91. The summed E-state index contributed by atoms with van der Waals surface area (Å²) in [4.78, 5) is 27.5. The number of anilines is 2. The predicted molar refractivity (Wildman–Crippen MR) is 105 cm³/mol. The van der Waals surface area contributed by atoms with Crippen LogP contribution in [0.2, 0.25) is 0 Å². The molecule has 1 aliphatic rings. The molecule has 2 aromatic rings. The minimum absolute atomic E-state index is 0.00833. The highest BCUT2D eigenvalue weighted by Gasteiger charge is 2.24. The van der Waals surface area contributed by atoms with Gasteiger partial charge in [-0.2, -0.15) is 0 Å². The summed E-state index contributed by atoms with van der Waals surface area (Å²) in [6, 6.07) is 8.58. The predicted octanol–water partition coefficient (Wildman–Crippen LogP) is 3.50. The monoisotopic (exact) mass is 436 g/mol. The summed E-state index contributed by atoms with van der Waals surface area (Å²) in [6.45, 7) is 2.96. The lowest BCUT2D eigenvalue weighted by Crippen LogP contribution is -2.44. The van der Waals surface area contributed by atoms with E-state index in [2.05, 4.69) is 26.1 Å². The van der Waals surface area contributed by atoms with Gasteiger partial charge < -0.3 is 15.1 Å². The minimum Gasteiger partial charge on any atom is -0.363 e. The van der Waals surface area contributed by atoms with Gasteiger partial charge in [0.05, 0.1) is 10.6 Å². The first kappa shape index (κ1) is 19.2. The van der Waals surface area contributed by atoms with Crippen molar-refractivity contribution in [3.63, 3.8) is 0 Å². The Morgan fingerprint density at radius 1 is 1.19 bits per heavy atom. The highest BCUT2D eigenvalue weighted by Crippen LogP contribution is 2.30. The average Bonchev–Trinajstić information content (AvgIpc) is 2.64. The number of amides is 1. The van der Waals surface area contributed by atoms with Gasteiger partial charge in [0.25, 0.3) is 11.6 Å². The zero-order valence-corrected chi connectivity index (χ0v) is 16.2. The second kappa shape index (κ2) is 8.01. The number of nitrogens with zero attached hydrogens (tertiary/aromatic N) is 3. The molecular weight excluding hydrogens is 419 g/mol. The number of halogens is 2. The highest BCUT2D eigenvalue weighted by atomic mass is 79.9. The van der Waals surface area contributed by atoms with Crippen LogP contribution in [0.3, 0.4) is 0 Å². The largest absolute Gasteiger partial charge is 0.363 e. The van der Waals surface area contributed by atoms with Crippen molar-refractivity contribution >= 4 is 38.9 Å². The molecule has 0 aliphatic carbocycles. The van der Waals surface area contributed by atoms with E-state index < -0.39 is 16.6 Å². The number of piperazine rings is 1. The minimum atomic E-state index is -0.607. The van der Waals surface area contributed by atoms with Crippen LogP contribution in [-0.2, 0) is 0 Å². The fourth-order valence-corrected chi connectivity index (χ4v) is 3.24. The molecular formula is C18H18BrFN4O3. The maximum atomic E-state index is 13.9. The Morgan fingerprint density at radius 3 is 2.52 bits per heavy atom. The summed E-state index contributed by atoms with van der Waals surface area (Å²) in [5.41, 5.74) is 0.457. The zero-order valence-electron chi connectivity index (χ0n) is 14.6. The molecule has 3 rings (SSSR count). The number of nitro groups is 1. The summed E-state index contributed by atoms with van der Waals surface area (Å²) < 4.78 is 14.5. The molecule has 0 spiro atoms. The number of carbonyl (C=O) groups excluding carboxylic acids is 1. The van der Waals surface area contributed by atoms with Crippen LogP contribution in [-0.4, -0.2) is 49.0 Å². The second-order valence-corrected chi connectivity index (χ2v) is 7.24. The topological polar surface area (TPSA) is 78.7 Å². The third-order valence-electron chi connectivity index (χ3n) is 4.46. The van der Waals surface area contributed by atoms with E-state index in [4.69, 9.17) is 0 Å². The molecule has 1 fully saturated rings. The van der Waals surface area contributed by atoms with Crippen molar-refractivity contribution in [1.29, 1.82) is 0 Å². The van der Waals surface area contributed by atoms with Crippen LogP contribution in [0.25, 0.3) is 0 Å². The molecule has 0 unspecified atom stereocenters. The molecule has 142 valence electrons. The Hall–Kier alpha value is -2.52. The number of rotatable bonds is 4. The quantitative estimate of drug-likeness (QED) is 0.585. The van der Waals surface area contributed by atoms with Crippen LogP contribution >= 0.6 is 15.9 Å². The molecule has 0 bridgehead atoms. The molecule has 7 nitrogen and oxygen atoms in total.